The van der Waals surface area contributed by atoms with Crippen LogP contribution in [0.1, 0.15) is 18.1 Å². The summed E-state index contributed by atoms with van der Waals surface area (Å²) < 4.78 is 0. The Morgan fingerprint density at radius 1 is 1.12 bits per heavy atom. The van der Waals surface area contributed by atoms with Gasteiger partial charge in [-0.3, -0.25) is 14.6 Å². The van der Waals surface area contributed by atoms with Gasteiger partial charge in [0.1, 0.15) is 0 Å². The van der Waals surface area contributed by atoms with Gasteiger partial charge in [0.05, 0.1) is 12.1 Å². The van der Waals surface area contributed by atoms with E-state index in [2.05, 4.69) is 15.6 Å². The van der Waals surface area contributed by atoms with Crippen LogP contribution in [0.25, 0.3) is 11.3 Å². The molecule has 0 atom stereocenters. The van der Waals surface area contributed by atoms with Crippen molar-refractivity contribution in [3.63, 3.8) is 0 Å². The number of anilines is 1. The summed E-state index contributed by atoms with van der Waals surface area (Å²) in [6, 6.07) is 13.1. The summed E-state index contributed by atoms with van der Waals surface area (Å²) in [6.45, 7) is 1.89. The van der Waals surface area contributed by atoms with Gasteiger partial charge in [0.25, 0.3) is 0 Å². The summed E-state index contributed by atoms with van der Waals surface area (Å²) >= 11 is 1.62. The summed E-state index contributed by atoms with van der Waals surface area (Å²) in [5, 5.41) is 9.71. The molecule has 2 aromatic heterocycles. The smallest absolute Gasteiger partial charge is 0.224 e. The molecular formula is C20H19N3O2S. The minimum absolute atomic E-state index is 0.0580. The molecule has 0 spiro atoms. The molecule has 2 N–H and O–H groups in total. The van der Waals surface area contributed by atoms with Gasteiger partial charge in [-0.25, -0.2) is 0 Å². The molecule has 0 aliphatic carbocycles. The van der Waals surface area contributed by atoms with Crippen LogP contribution >= 0.6 is 11.3 Å². The Balaban J connectivity index is 1.59. The summed E-state index contributed by atoms with van der Waals surface area (Å²) in [6.07, 6.45) is 2.04. The van der Waals surface area contributed by atoms with Crippen LogP contribution in [-0.2, 0) is 22.6 Å². The molecule has 0 aliphatic heterocycles. The fourth-order valence-corrected chi connectivity index (χ4v) is 3.23. The van der Waals surface area contributed by atoms with E-state index in [1.807, 2.05) is 41.1 Å². The number of pyridine rings is 1. The Hall–Kier alpha value is -2.99. The monoisotopic (exact) mass is 365 g/mol. The Kier molecular flexibility index (Phi) is 5.76. The molecule has 1 aromatic carbocycles. The fourth-order valence-electron chi connectivity index (χ4n) is 2.59. The van der Waals surface area contributed by atoms with E-state index in [1.54, 1.807) is 29.7 Å². The topological polar surface area (TPSA) is 71.1 Å². The van der Waals surface area contributed by atoms with E-state index in [0.29, 0.717) is 6.54 Å². The highest BCUT2D eigenvalue weighted by atomic mass is 32.1. The third kappa shape index (κ3) is 4.77. The van der Waals surface area contributed by atoms with Crippen molar-refractivity contribution in [2.75, 3.05) is 5.32 Å². The molecule has 2 heterocycles. The molecule has 132 valence electrons. The molecule has 0 aliphatic rings. The molecule has 0 bridgehead atoms. The molecule has 5 nitrogen and oxygen atoms in total. The lowest BCUT2D eigenvalue weighted by Gasteiger charge is -2.09. The van der Waals surface area contributed by atoms with Crippen molar-refractivity contribution in [2.24, 2.45) is 0 Å². The molecule has 0 saturated carbocycles. The number of carbonyl (C=O) groups excluding carboxylic acids is 2. The third-order valence-electron chi connectivity index (χ3n) is 3.80. The maximum Gasteiger partial charge on any atom is 0.224 e. The van der Waals surface area contributed by atoms with Crippen LogP contribution in [0.4, 0.5) is 5.69 Å². The lowest BCUT2D eigenvalue weighted by molar-refractivity contribution is -0.120. The van der Waals surface area contributed by atoms with Crippen molar-refractivity contribution < 1.29 is 9.59 Å². The molecule has 26 heavy (non-hydrogen) atoms. The fraction of sp³-hybridized carbons (Fsp3) is 0.150. The number of hydrogen-bond acceptors (Lipinski definition) is 4. The summed E-state index contributed by atoms with van der Waals surface area (Å²) in [4.78, 5) is 27.7. The second kappa shape index (κ2) is 8.40. The standard InChI is InChI=1S/C20H19N3O2S/c1-14(24)23-18-6-4-15(5-7-18)11-19(25)22-12-16-3-2-9-21-20(16)17-8-10-26-13-17/h2-10,13H,11-12H2,1H3,(H,22,25)(H,23,24). The van der Waals surface area contributed by atoms with Crippen LogP contribution in [0, 0.1) is 0 Å². The molecule has 2 amide bonds. The van der Waals surface area contributed by atoms with Crippen LogP contribution in [0.3, 0.4) is 0 Å². The van der Waals surface area contributed by atoms with E-state index in [0.717, 1.165) is 28.1 Å². The minimum Gasteiger partial charge on any atom is -0.352 e. The Bertz CT molecular complexity index is 890. The summed E-state index contributed by atoms with van der Waals surface area (Å²) in [5.41, 5.74) is 4.56. The van der Waals surface area contributed by atoms with Gasteiger partial charge in [-0.1, -0.05) is 18.2 Å². The Morgan fingerprint density at radius 2 is 1.92 bits per heavy atom. The normalized spacial score (nSPS) is 10.3. The average Bonchev–Trinajstić information content (AvgIpc) is 3.16. The largest absolute Gasteiger partial charge is 0.352 e. The molecule has 0 fully saturated rings. The van der Waals surface area contributed by atoms with Crippen LogP contribution < -0.4 is 10.6 Å². The van der Waals surface area contributed by atoms with Crippen LogP contribution in [0.15, 0.2) is 59.4 Å². The first kappa shape index (κ1) is 17.8. The van der Waals surface area contributed by atoms with Crippen molar-refractivity contribution >= 4 is 28.8 Å². The maximum absolute atomic E-state index is 12.2. The Morgan fingerprint density at radius 3 is 2.62 bits per heavy atom. The van der Waals surface area contributed by atoms with Gasteiger partial charge in [0.2, 0.25) is 11.8 Å². The molecule has 6 heteroatoms. The third-order valence-corrected chi connectivity index (χ3v) is 4.48. The molecule has 0 radical (unpaired) electrons. The van der Waals surface area contributed by atoms with E-state index < -0.39 is 0 Å². The highest BCUT2D eigenvalue weighted by molar-refractivity contribution is 7.08. The van der Waals surface area contributed by atoms with E-state index in [4.69, 9.17) is 0 Å². The van der Waals surface area contributed by atoms with Gasteiger partial charge in [0, 0.05) is 36.3 Å². The van der Waals surface area contributed by atoms with Crippen LogP contribution in [-0.4, -0.2) is 16.8 Å². The molecule has 0 saturated heterocycles. The van der Waals surface area contributed by atoms with E-state index in [1.165, 1.54) is 6.92 Å². The van der Waals surface area contributed by atoms with Crippen LogP contribution in [0.5, 0.6) is 0 Å². The number of amides is 2. The van der Waals surface area contributed by atoms with Crippen molar-refractivity contribution in [3.05, 3.63) is 70.5 Å². The second-order valence-electron chi connectivity index (χ2n) is 5.85. The summed E-state index contributed by atoms with van der Waals surface area (Å²) in [5.74, 6) is -0.175. The zero-order chi connectivity index (χ0) is 18.4. The minimum atomic E-state index is -0.117. The lowest BCUT2D eigenvalue weighted by atomic mass is 10.1. The highest BCUT2D eigenvalue weighted by Crippen LogP contribution is 2.23. The zero-order valence-electron chi connectivity index (χ0n) is 14.4. The quantitative estimate of drug-likeness (QED) is 0.701. The molecular weight excluding hydrogens is 346 g/mol. The van der Waals surface area contributed by atoms with Gasteiger partial charge in [-0.05, 0) is 40.8 Å². The first-order valence-corrected chi connectivity index (χ1v) is 9.16. The van der Waals surface area contributed by atoms with E-state index in [-0.39, 0.29) is 18.2 Å². The number of benzene rings is 1. The first-order valence-electron chi connectivity index (χ1n) is 8.21. The van der Waals surface area contributed by atoms with Gasteiger partial charge in [-0.15, -0.1) is 0 Å². The van der Waals surface area contributed by atoms with Gasteiger partial charge >= 0.3 is 0 Å². The van der Waals surface area contributed by atoms with Crippen molar-refractivity contribution in [3.8, 4) is 11.3 Å². The van der Waals surface area contributed by atoms with Crippen molar-refractivity contribution in [1.29, 1.82) is 0 Å². The van der Waals surface area contributed by atoms with Crippen molar-refractivity contribution in [1.82, 2.24) is 10.3 Å². The zero-order valence-corrected chi connectivity index (χ0v) is 15.2. The predicted octanol–water partition coefficient (Wildman–Crippen LogP) is 3.63. The number of hydrogen-bond donors (Lipinski definition) is 2. The van der Waals surface area contributed by atoms with E-state index >= 15 is 0 Å². The van der Waals surface area contributed by atoms with Gasteiger partial charge < -0.3 is 10.6 Å². The molecule has 3 aromatic rings. The number of rotatable bonds is 6. The van der Waals surface area contributed by atoms with E-state index in [9.17, 15) is 9.59 Å². The number of carbonyl (C=O) groups is 2. The summed E-state index contributed by atoms with van der Waals surface area (Å²) in [7, 11) is 0. The highest BCUT2D eigenvalue weighted by Gasteiger charge is 2.09. The van der Waals surface area contributed by atoms with Gasteiger partial charge in [-0.2, -0.15) is 11.3 Å². The Labute approximate surface area is 156 Å². The lowest BCUT2D eigenvalue weighted by Crippen LogP contribution is -2.25. The molecule has 3 rings (SSSR count). The maximum atomic E-state index is 12.2. The number of thiophene rings is 1. The number of aromatic nitrogens is 1. The number of nitrogens with zero attached hydrogens (tertiary/aromatic N) is 1. The SMILES string of the molecule is CC(=O)Nc1ccc(CC(=O)NCc2cccnc2-c2ccsc2)cc1. The number of nitrogens with one attached hydrogen (secondary N) is 2. The van der Waals surface area contributed by atoms with Crippen molar-refractivity contribution in [2.45, 2.75) is 19.9 Å². The molecule has 0 unspecified atom stereocenters. The average molecular weight is 365 g/mol. The van der Waals surface area contributed by atoms with Crippen LogP contribution in [0.2, 0.25) is 0 Å². The van der Waals surface area contributed by atoms with Gasteiger partial charge in [0.15, 0.2) is 0 Å². The first-order chi connectivity index (χ1) is 12.6. The second-order valence-corrected chi connectivity index (χ2v) is 6.63. The predicted molar refractivity (Wildman–Crippen MR) is 104 cm³/mol.